The lowest BCUT2D eigenvalue weighted by Gasteiger charge is -2.38. The summed E-state index contributed by atoms with van der Waals surface area (Å²) in [7, 11) is 1.98. The Bertz CT molecular complexity index is 1370. The summed E-state index contributed by atoms with van der Waals surface area (Å²) in [6, 6.07) is 22.2. The molecule has 1 amide bonds. The van der Waals surface area contributed by atoms with Crippen molar-refractivity contribution >= 4 is 28.4 Å². The smallest absolute Gasteiger partial charge is 0.222 e. The van der Waals surface area contributed by atoms with Crippen LogP contribution in [0.5, 0.6) is 0 Å². The highest BCUT2D eigenvalue weighted by Crippen LogP contribution is 2.36. The first-order valence-electron chi connectivity index (χ1n) is 12.4. The lowest BCUT2D eigenvalue weighted by molar-refractivity contribution is -0.135. The molecule has 0 radical (unpaired) electrons. The van der Waals surface area contributed by atoms with E-state index < -0.39 is 5.60 Å². The molecule has 1 fully saturated rings. The molecular weight excluding hydrogens is 475 g/mol. The summed E-state index contributed by atoms with van der Waals surface area (Å²) in [5.41, 5.74) is 4.26. The fraction of sp³-hybridized carbons (Fsp3) is 0.300. The van der Waals surface area contributed by atoms with E-state index in [2.05, 4.69) is 4.57 Å². The number of hydrogen-bond donors (Lipinski definition) is 1. The van der Waals surface area contributed by atoms with Crippen molar-refractivity contribution in [3.05, 3.63) is 94.8 Å². The van der Waals surface area contributed by atoms with E-state index in [-0.39, 0.29) is 11.7 Å². The fourth-order valence-corrected chi connectivity index (χ4v) is 5.61. The first kappa shape index (κ1) is 24.5. The molecule has 1 aliphatic rings. The van der Waals surface area contributed by atoms with Crippen LogP contribution in [0, 0.1) is 5.82 Å². The van der Waals surface area contributed by atoms with Crippen LogP contribution in [0.15, 0.2) is 72.8 Å². The van der Waals surface area contributed by atoms with Crippen LogP contribution in [-0.2, 0) is 24.7 Å². The van der Waals surface area contributed by atoms with Crippen LogP contribution in [0.1, 0.15) is 30.4 Å². The van der Waals surface area contributed by atoms with Gasteiger partial charge in [0.1, 0.15) is 5.82 Å². The number of hydrogen-bond acceptors (Lipinski definition) is 2. The second kappa shape index (κ2) is 10.1. The highest BCUT2D eigenvalue weighted by molar-refractivity contribution is 6.31. The minimum absolute atomic E-state index is 0.0841. The standard InChI is InChI=1S/C30H30ClFN2O2/c1-33-27-13-9-23(31)19-26(27)25(29(33)22-7-10-24(32)11-8-22)12-14-28(35)34-17-15-30(36,16-18-34)20-21-5-3-2-4-6-21/h2-11,13,19,36H,12,14-18,20H2,1H3. The van der Waals surface area contributed by atoms with E-state index in [1.54, 1.807) is 12.1 Å². The maximum atomic E-state index is 13.6. The predicted octanol–water partition coefficient (Wildman–Crippen LogP) is 6.17. The van der Waals surface area contributed by atoms with Crippen LogP contribution >= 0.6 is 11.6 Å². The van der Waals surface area contributed by atoms with E-state index in [4.69, 9.17) is 11.6 Å². The summed E-state index contributed by atoms with van der Waals surface area (Å²) in [6.07, 6.45) is 2.65. The average Bonchev–Trinajstić information content (AvgIpc) is 3.14. The highest BCUT2D eigenvalue weighted by Gasteiger charge is 2.34. The quantitative estimate of drug-likeness (QED) is 0.341. The second-order valence-corrected chi connectivity index (χ2v) is 10.3. The van der Waals surface area contributed by atoms with E-state index in [0.29, 0.717) is 50.2 Å². The second-order valence-electron chi connectivity index (χ2n) is 9.82. The SMILES string of the molecule is Cn1c(-c2ccc(F)cc2)c(CCC(=O)N2CCC(O)(Cc3ccccc3)CC2)c2cc(Cl)ccc21. The zero-order valence-electron chi connectivity index (χ0n) is 20.4. The van der Waals surface area contributed by atoms with E-state index >= 15 is 0 Å². The minimum atomic E-state index is -0.778. The molecule has 1 N–H and O–H groups in total. The number of likely N-dealkylation sites (tertiary alicyclic amines) is 1. The number of carbonyl (C=O) groups excluding carboxylic acids is 1. The van der Waals surface area contributed by atoms with Crippen molar-refractivity contribution in [1.82, 2.24) is 9.47 Å². The summed E-state index contributed by atoms with van der Waals surface area (Å²) >= 11 is 6.33. The Labute approximate surface area is 215 Å². The molecule has 5 rings (SSSR count). The third kappa shape index (κ3) is 5.04. The van der Waals surface area contributed by atoms with Crippen molar-refractivity contribution in [2.75, 3.05) is 13.1 Å². The molecule has 0 atom stereocenters. The number of carbonyl (C=O) groups is 1. The lowest BCUT2D eigenvalue weighted by atomic mass is 9.85. The molecule has 1 aromatic heterocycles. The van der Waals surface area contributed by atoms with Crippen molar-refractivity contribution < 1.29 is 14.3 Å². The van der Waals surface area contributed by atoms with Gasteiger partial charge in [0.05, 0.1) is 11.3 Å². The molecule has 0 unspecified atom stereocenters. The van der Waals surface area contributed by atoms with Gasteiger partial charge in [0, 0.05) is 48.9 Å². The highest BCUT2D eigenvalue weighted by atomic mass is 35.5. The van der Waals surface area contributed by atoms with Crippen LogP contribution in [0.2, 0.25) is 5.02 Å². The molecule has 4 aromatic rings. The Kier molecular flexibility index (Phi) is 6.87. The van der Waals surface area contributed by atoms with Crippen LogP contribution in [-0.4, -0.2) is 39.2 Å². The average molecular weight is 505 g/mol. The summed E-state index contributed by atoms with van der Waals surface area (Å²) in [5.74, 6) is -0.199. The van der Waals surface area contributed by atoms with Gasteiger partial charge in [-0.15, -0.1) is 0 Å². The van der Waals surface area contributed by atoms with Gasteiger partial charge in [-0.3, -0.25) is 4.79 Å². The summed E-state index contributed by atoms with van der Waals surface area (Å²) in [4.78, 5) is 15.1. The number of aromatic nitrogens is 1. The first-order chi connectivity index (χ1) is 17.3. The Hall–Kier alpha value is -3.15. The van der Waals surface area contributed by atoms with Crippen molar-refractivity contribution in [2.24, 2.45) is 7.05 Å². The van der Waals surface area contributed by atoms with Gasteiger partial charge in [-0.2, -0.15) is 0 Å². The summed E-state index contributed by atoms with van der Waals surface area (Å²) < 4.78 is 15.7. The molecule has 0 spiro atoms. The van der Waals surface area contributed by atoms with Gasteiger partial charge in [-0.1, -0.05) is 41.9 Å². The van der Waals surface area contributed by atoms with Gasteiger partial charge in [0.2, 0.25) is 5.91 Å². The number of fused-ring (bicyclic) bond motifs is 1. The number of halogens is 2. The largest absolute Gasteiger partial charge is 0.389 e. The van der Waals surface area contributed by atoms with Crippen LogP contribution in [0.3, 0.4) is 0 Å². The molecule has 0 bridgehead atoms. The third-order valence-corrected chi connectivity index (χ3v) is 7.63. The maximum absolute atomic E-state index is 13.6. The molecule has 4 nitrogen and oxygen atoms in total. The molecule has 0 aliphatic carbocycles. The van der Waals surface area contributed by atoms with Gasteiger partial charge >= 0.3 is 0 Å². The number of nitrogens with zero attached hydrogens (tertiary/aromatic N) is 2. The van der Waals surface area contributed by atoms with Crippen molar-refractivity contribution in [1.29, 1.82) is 0 Å². The van der Waals surface area contributed by atoms with E-state index in [0.717, 1.165) is 33.3 Å². The summed E-state index contributed by atoms with van der Waals surface area (Å²) in [6.45, 7) is 1.10. The Morgan fingerprint density at radius 1 is 1.03 bits per heavy atom. The zero-order chi connectivity index (χ0) is 25.3. The van der Waals surface area contributed by atoms with Gasteiger partial charge in [0.25, 0.3) is 0 Å². The molecule has 0 saturated carbocycles. The monoisotopic (exact) mass is 504 g/mol. The molecule has 2 heterocycles. The zero-order valence-corrected chi connectivity index (χ0v) is 21.1. The molecule has 1 saturated heterocycles. The Morgan fingerprint density at radius 2 is 1.72 bits per heavy atom. The maximum Gasteiger partial charge on any atom is 0.222 e. The van der Waals surface area contributed by atoms with Crippen molar-refractivity contribution in [3.63, 3.8) is 0 Å². The molecular formula is C30H30ClFN2O2. The van der Waals surface area contributed by atoms with E-state index in [1.807, 2.05) is 60.5 Å². The molecule has 1 aliphatic heterocycles. The topological polar surface area (TPSA) is 45.5 Å². The number of benzene rings is 3. The van der Waals surface area contributed by atoms with Crippen molar-refractivity contribution in [3.8, 4) is 11.3 Å². The number of amides is 1. The van der Waals surface area contributed by atoms with Crippen LogP contribution < -0.4 is 0 Å². The van der Waals surface area contributed by atoms with E-state index in [1.165, 1.54) is 12.1 Å². The molecule has 186 valence electrons. The third-order valence-electron chi connectivity index (χ3n) is 7.40. The van der Waals surface area contributed by atoms with Gasteiger partial charge in [-0.05, 0) is 78.4 Å². The number of piperidine rings is 1. The van der Waals surface area contributed by atoms with Crippen LogP contribution in [0.25, 0.3) is 22.2 Å². The van der Waals surface area contributed by atoms with Crippen molar-refractivity contribution in [2.45, 2.75) is 37.7 Å². The number of aryl methyl sites for hydroxylation is 2. The normalized spacial score (nSPS) is 15.4. The number of rotatable bonds is 6. The Morgan fingerprint density at radius 3 is 2.42 bits per heavy atom. The van der Waals surface area contributed by atoms with Gasteiger partial charge in [0.15, 0.2) is 0 Å². The minimum Gasteiger partial charge on any atom is -0.389 e. The van der Waals surface area contributed by atoms with Gasteiger partial charge < -0.3 is 14.6 Å². The van der Waals surface area contributed by atoms with Gasteiger partial charge in [-0.25, -0.2) is 4.39 Å². The van der Waals surface area contributed by atoms with E-state index in [9.17, 15) is 14.3 Å². The summed E-state index contributed by atoms with van der Waals surface area (Å²) in [5, 5.41) is 12.7. The lowest BCUT2D eigenvalue weighted by Crippen LogP contribution is -2.47. The molecule has 36 heavy (non-hydrogen) atoms. The molecule has 3 aromatic carbocycles. The predicted molar refractivity (Wildman–Crippen MR) is 143 cm³/mol. The Balaban J connectivity index is 1.32. The fourth-order valence-electron chi connectivity index (χ4n) is 5.44. The van der Waals surface area contributed by atoms with Crippen LogP contribution in [0.4, 0.5) is 4.39 Å². The number of aliphatic hydroxyl groups is 1. The molecule has 6 heteroatoms. The first-order valence-corrected chi connectivity index (χ1v) is 12.8.